The fourth-order valence-corrected chi connectivity index (χ4v) is 6.19. The molecule has 0 nitrogen and oxygen atoms in total. The van der Waals surface area contributed by atoms with Gasteiger partial charge in [0.25, 0.3) is 0 Å². The second-order valence-corrected chi connectivity index (χ2v) is 11.2. The molecule has 2 radical (unpaired) electrons. The molecule has 2 aliphatic rings. The van der Waals surface area contributed by atoms with Gasteiger partial charge in [-0.15, -0.1) is 0 Å². The van der Waals surface area contributed by atoms with Gasteiger partial charge >= 0.3 is 0 Å². The molecule has 0 amide bonds. The molecule has 0 fully saturated rings. The van der Waals surface area contributed by atoms with E-state index in [1.54, 1.807) is 0 Å². The Bertz CT molecular complexity index is 1330. The Morgan fingerprint density at radius 1 is 0.531 bits per heavy atom. The monoisotopic (exact) mass is 474 g/mol. The molecule has 2 aliphatic carbocycles. The van der Waals surface area contributed by atoms with Gasteiger partial charge in [-0.3, -0.25) is 0 Å². The molecule has 0 unspecified atom stereocenters. The second kappa shape index (κ2) is 6.48. The number of hydrogen-bond donors (Lipinski definition) is 0. The smallest absolute Gasteiger partial charge is 0.0963 e. The lowest BCUT2D eigenvalue weighted by Crippen LogP contribution is -2.17. The van der Waals surface area contributed by atoms with Crippen LogP contribution in [-0.4, -0.2) is 7.85 Å². The molecule has 0 saturated heterocycles. The van der Waals surface area contributed by atoms with E-state index in [2.05, 4.69) is 110 Å². The van der Waals surface area contributed by atoms with E-state index in [9.17, 15) is 0 Å². The average Bonchev–Trinajstić information content (AvgIpc) is 3.12. The van der Waals surface area contributed by atoms with Crippen LogP contribution in [0.15, 0.2) is 77.3 Å². The van der Waals surface area contributed by atoms with Crippen LogP contribution in [0.2, 0.25) is 0 Å². The van der Waals surface area contributed by atoms with Gasteiger partial charge in [0.2, 0.25) is 0 Å². The summed E-state index contributed by atoms with van der Waals surface area (Å²) in [6.07, 6.45) is 0. The van der Waals surface area contributed by atoms with Crippen LogP contribution in [0.5, 0.6) is 0 Å². The highest BCUT2D eigenvalue weighted by Gasteiger charge is 2.37. The molecule has 0 aliphatic heterocycles. The van der Waals surface area contributed by atoms with Crippen LogP contribution in [0, 0.1) is 0 Å². The van der Waals surface area contributed by atoms with Crippen molar-refractivity contribution in [2.24, 2.45) is 0 Å². The minimum Gasteiger partial charge on any atom is -0.0963 e. The van der Waals surface area contributed by atoms with Crippen molar-refractivity contribution in [2.45, 2.75) is 38.5 Å². The number of rotatable bonds is 1. The lowest BCUT2D eigenvalue weighted by atomic mass is 9.79. The van der Waals surface area contributed by atoms with E-state index in [0.717, 1.165) is 9.94 Å². The zero-order valence-corrected chi connectivity index (χ0v) is 20.5. The van der Waals surface area contributed by atoms with Crippen LogP contribution in [0.1, 0.15) is 49.9 Å². The van der Waals surface area contributed by atoms with Crippen LogP contribution in [0.4, 0.5) is 0 Å². The third-order valence-electron chi connectivity index (χ3n) is 7.67. The van der Waals surface area contributed by atoms with Crippen molar-refractivity contribution < 1.29 is 0 Å². The molecule has 0 N–H and O–H groups in total. The zero-order chi connectivity index (χ0) is 22.4. The Labute approximate surface area is 200 Å². The van der Waals surface area contributed by atoms with Gasteiger partial charge in [-0.1, -0.05) is 97.6 Å². The molecule has 0 atom stereocenters. The van der Waals surface area contributed by atoms with Gasteiger partial charge in [0, 0.05) is 15.3 Å². The number of benzene rings is 4. The van der Waals surface area contributed by atoms with Crippen LogP contribution in [0.3, 0.4) is 0 Å². The van der Waals surface area contributed by atoms with Crippen molar-refractivity contribution in [1.82, 2.24) is 0 Å². The predicted octanol–water partition coefficient (Wildman–Crippen LogP) is 7.52. The molecule has 4 aromatic carbocycles. The van der Waals surface area contributed by atoms with E-state index in [1.807, 2.05) is 6.07 Å². The second-order valence-electron chi connectivity index (χ2n) is 10.3. The summed E-state index contributed by atoms with van der Waals surface area (Å²) in [5.74, 6) is 0. The first kappa shape index (κ1) is 20.1. The number of fused-ring (bicyclic) bond motifs is 6. The highest BCUT2D eigenvalue weighted by atomic mass is 79.9. The Morgan fingerprint density at radius 2 is 0.938 bits per heavy atom. The SMILES string of the molecule is [B]c1ccc2c(c1)C(C)(C)c1cc(-c3ccc4c(c3)C(C)(C)c3cc(Br)ccc3-4)ccc1-2. The van der Waals surface area contributed by atoms with E-state index in [0.29, 0.717) is 0 Å². The maximum absolute atomic E-state index is 6.13. The summed E-state index contributed by atoms with van der Waals surface area (Å²) in [4.78, 5) is 0. The number of hydrogen-bond acceptors (Lipinski definition) is 0. The first-order chi connectivity index (χ1) is 15.2. The third kappa shape index (κ3) is 2.62. The topological polar surface area (TPSA) is 0 Å². The van der Waals surface area contributed by atoms with Crippen molar-refractivity contribution in [1.29, 1.82) is 0 Å². The van der Waals surface area contributed by atoms with Crippen molar-refractivity contribution in [2.75, 3.05) is 0 Å². The first-order valence-electron chi connectivity index (χ1n) is 11.2. The molecule has 154 valence electrons. The van der Waals surface area contributed by atoms with E-state index >= 15 is 0 Å². The van der Waals surface area contributed by atoms with E-state index in [1.165, 1.54) is 55.6 Å². The minimum atomic E-state index is -0.0609. The van der Waals surface area contributed by atoms with Crippen molar-refractivity contribution >= 4 is 29.2 Å². The maximum Gasteiger partial charge on any atom is 0.113 e. The largest absolute Gasteiger partial charge is 0.113 e. The molecular weight excluding hydrogens is 451 g/mol. The molecule has 0 heterocycles. The summed E-state index contributed by atoms with van der Waals surface area (Å²) in [6, 6.07) is 26.9. The average molecular weight is 475 g/mol. The lowest BCUT2D eigenvalue weighted by molar-refractivity contribution is 0.659. The third-order valence-corrected chi connectivity index (χ3v) is 8.16. The molecule has 0 bridgehead atoms. The van der Waals surface area contributed by atoms with E-state index in [4.69, 9.17) is 7.85 Å². The van der Waals surface area contributed by atoms with Crippen molar-refractivity contribution in [3.05, 3.63) is 99.5 Å². The molecule has 0 aromatic heterocycles. The lowest BCUT2D eigenvalue weighted by Gasteiger charge is -2.23. The predicted molar refractivity (Wildman–Crippen MR) is 140 cm³/mol. The summed E-state index contributed by atoms with van der Waals surface area (Å²) in [5.41, 5.74) is 14.1. The van der Waals surface area contributed by atoms with Crippen LogP contribution in [-0.2, 0) is 10.8 Å². The molecule has 32 heavy (non-hydrogen) atoms. The zero-order valence-electron chi connectivity index (χ0n) is 18.9. The Morgan fingerprint density at radius 3 is 1.47 bits per heavy atom. The van der Waals surface area contributed by atoms with E-state index in [-0.39, 0.29) is 10.8 Å². The van der Waals surface area contributed by atoms with Gasteiger partial charge in [0.15, 0.2) is 0 Å². The van der Waals surface area contributed by atoms with Crippen LogP contribution < -0.4 is 5.46 Å². The normalized spacial score (nSPS) is 16.3. The highest BCUT2D eigenvalue weighted by Crippen LogP contribution is 2.52. The van der Waals surface area contributed by atoms with Gasteiger partial charge in [0.05, 0.1) is 0 Å². The highest BCUT2D eigenvalue weighted by molar-refractivity contribution is 9.10. The van der Waals surface area contributed by atoms with Crippen molar-refractivity contribution in [3.8, 4) is 33.4 Å². The first-order valence-corrected chi connectivity index (χ1v) is 12.0. The minimum absolute atomic E-state index is 0.0196. The summed E-state index contributed by atoms with van der Waals surface area (Å²) in [7, 11) is 6.13. The van der Waals surface area contributed by atoms with Gasteiger partial charge < -0.3 is 0 Å². The fraction of sp³-hybridized carbons (Fsp3) is 0.200. The molecule has 4 aromatic rings. The molecule has 6 rings (SSSR count). The van der Waals surface area contributed by atoms with Crippen LogP contribution >= 0.6 is 15.9 Å². The van der Waals surface area contributed by atoms with Gasteiger partial charge in [-0.2, -0.15) is 0 Å². The molecule has 0 saturated carbocycles. The summed E-state index contributed by atoms with van der Waals surface area (Å²) >= 11 is 3.66. The van der Waals surface area contributed by atoms with Gasteiger partial charge in [0.1, 0.15) is 7.85 Å². The quantitative estimate of drug-likeness (QED) is 0.250. The molecule has 2 heteroatoms. The van der Waals surface area contributed by atoms with Gasteiger partial charge in [-0.25, -0.2) is 0 Å². The Balaban J connectivity index is 1.49. The summed E-state index contributed by atoms with van der Waals surface area (Å²) in [5, 5.41) is 0. The van der Waals surface area contributed by atoms with E-state index < -0.39 is 0 Å². The number of halogens is 1. The molecule has 0 spiro atoms. The maximum atomic E-state index is 6.13. The van der Waals surface area contributed by atoms with Gasteiger partial charge in [-0.05, 0) is 79.9 Å². The Kier molecular flexibility index (Phi) is 4.06. The fourth-order valence-electron chi connectivity index (χ4n) is 5.82. The standard InChI is InChI=1S/C30H24BBr/c1-29(2)25-13-17(5-9-21(25)23-11-7-19(31)15-27(23)29)18-6-10-22-24-12-8-20(32)16-28(24)30(3,4)26(22)14-18/h5-16H,1-4H3. The Hall–Kier alpha value is -2.58. The summed E-state index contributed by atoms with van der Waals surface area (Å²) < 4.78 is 1.14. The van der Waals surface area contributed by atoms with Crippen LogP contribution in [0.25, 0.3) is 33.4 Å². The molecular formula is C30H24BBr. The van der Waals surface area contributed by atoms with Crippen molar-refractivity contribution in [3.63, 3.8) is 0 Å². The summed E-state index contributed by atoms with van der Waals surface area (Å²) in [6.45, 7) is 9.28.